The van der Waals surface area contributed by atoms with E-state index in [-0.39, 0.29) is 0 Å². The van der Waals surface area contributed by atoms with Crippen molar-refractivity contribution in [3.63, 3.8) is 0 Å². The number of rotatable bonds is 3. The first kappa shape index (κ1) is 10.8. The van der Waals surface area contributed by atoms with Crippen LogP contribution in [0.1, 0.15) is 26.5 Å². The number of nitrogens with zero attached hydrogens (tertiary/aromatic N) is 1. The molecule has 82 valence electrons. The van der Waals surface area contributed by atoms with Gasteiger partial charge in [-0.05, 0) is 18.1 Å². The number of benzene rings is 1. The number of thiazole rings is 1. The molecule has 0 bridgehead atoms. The topological polar surface area (TPSA) is 50.2 Å². The number of carboxylic acid groups (broad SMARTS) is 1. The summed E-state index contributed by atoms with van der Waals surface area (Å²) < 4.78 is 0. The maximum absolute atomic E-state index is 10.9. The van der Waals surface area contributed by atoms with Crippen molar-refractivity contribution in [2.75, 3.05) is 0 Å². The Balaban J connectivity index is 2.31. The quantitative estimate of drug-likeness (QED) is 0.886. The molecular weight excluding hydrogens is 222 g/mol. The first-order valence-electron chi connectivity index (χ1n) is 4.88. The first-order valence-corrected chi connectivity index (χ1v) is 5.76. The monoisotopic (exact) mass is 233 g/mol. The molecule has 0 atom stereocenters. The zero-order chi connectivity index (χ0) is 11.5. The van der Waals surface area contributed by atoms with Gasteiger partial charge in [-0.15, -0.1) is 11.3 Å². The molecule has 0 unspecified atom stereocenters. The van der Waals surface area contributed by atoms with E-state index in [1.807, 2.05) is 31.2 Å². The Kier molecular flexibility index (Phi) is 3.01. The first-order chi connectivity index (χ1) is 7.68. The number of aryl methyl sites for hydroxylation is 1. The smallest absolute Gasteiger partial charge is 0.347 e. The molecule has 0 amide bonds. The lowest BCUT2D eigenvalue weighted by atomic mass is 10.0. The van der Waals surface area contributed by atoms with Crippen molar-refractivity contribution < 1.29 is 9.90 Å². The summed E-state index contributed by atoms with van der Waals surface area (Å²) in [6, 6.07) is 7.94. The average Bonchev–Trinajstić information content (AvgIpc) is 2.69. The van der Waals surface area contributed by atoms with E-state index in [1.165, 1.54) is 11.3 Å². The lowest BCUT2D eigenvalue weighted by Gasteiger charge is -2.03. The summed E-state index contributed by atoms with van der Waals surface area (Å²) in [5.41, 5.74) is 4.51. The van der Waals surface area contributed by atoms with Crippen molar-refractivity contribution in [1.29, 1.82) is 0 Å². The molecule has 3 nitrogen and oxygen atoms in total. The highest BCUT2D eigenvalue weighted by Crippen LogP contribution is 2.18. The molecule has 0 aliphatic rings. The summed E-state index contributed by atoms with van der Waals surface area (Å²) in [7, 11) is 0. The van der Waals surface area contributed by atoms with Crippen molar-refractivity contribution in [2.24, 2.45) is 0 Å². The van der Waals surface area contributed by atoms with Gasteiger partial charge in [-0.1, -0.05) is 24.3 Å². The molecule has 0 aliphatic heterocycles. The van der Waals surface area contributed by atoms with Gasteiger partial charge in [0, 0.05) is 6.42 Å². The van der Waals surface area contributed by atoms with E-state index in [4.69, 9.17) is 5.11 Å². The fourth-order valence-corrected chi connectivity index (χ4v) is 2.20. The highest BCUT2D eigenvalue weighted by Gasteiger charge is 2.13. The third-order valence-electron chi connectivity index (χ3n) is 2.45. The molecule has 0 saturated carbocycles. The van der Waals surface area contributed by atoms with Crippen LogP contribution in [0.3, 0.4) is 0 Å². The normalized spacial score (nSPS) is 10.3. The molecule has 4 heteroatoms. The zero-order valence-corrected chi connectivity index (χ0v) is 9.62. The van der Waals surface area contributed by atoms with E-state index in [1.54, 1.807) is 5.51 Å². The predicted molar refractivity (Wildman–Crippen MR) is 63.1 cm³/mol. The van der Waals surface area contributed by atoms with Crippen LogP contribution < -0.4 is 0 Å². The van der Waals surface area contributed by atoms with Gasteiger partial charge in [0.2, 0.25) is 0 Å². The van der Waals surface area contributed by atoms with Gasteiger partial charge in [0.25, 0.3) is 0 Å². The summed E-state index contributed by atoms with van der Waals surface area (Å²) in [5, 5.41) is 8.97. The molecule has 0 aliphatic carbocycles. The predicted octanol–water partition coefficient (Wildman–Crippen LogP) is 2.74. The number of hydrogen-bond donors (Lipinski definition) is 1. The minimum Gasteiger partial charge on any atom is -0.477 e. The zero-order valence-electron chi connectivity index (χ0n) is 8.80. The molecule has 2 aromatic rings. The number of aromatic carboxylic acids is 1. The fraction of sp³-hybridized carbons (Fsp3) is 0.167. The summed E-state index contributed by atoms with van der Waals surface area (Å²) in [6.07, 6.45) is 0.581. The van der Waals surface area contributed by atoms with Crippen LogP contribution in [0, 0.1) is 6.92 Å². The van der Waals surface area contributed by atoms with Crippen LogP contribution in [0.2, 0.25) is 0 Å². The largest absolute Gasteiger partial charge is 0.477 e. The van der Waals surface area contributed by atoms with E-state index in [2.05, 4.69) is 4.98 Å². The van der Waals surface area contributed by atoms with Gasteiger partial charge in [-0.2, -0.15) is 0 Å². The molecule has 0 spiro atoms. The van der Waals surface area contributed by atoms with E-state index in [0.717, 1.165) is 11.1 Å². The van der Waals surface area contributed by atoms with Gasteiger partial charge in [0.15, 0.2) is 0 Å². The Labute approximate surface area is 97.4 Å². The van der Waals surface area contributed by atoms with E-state index in [9.17, 15) is 4.79 Å². The Hall–Kier alpha value is -1.68. The molecule has 2 rings (SSSR count). The maximum Gasteiger partial charge on any atom is 0.347 e. The Morgan fingerprint density at radius 2 is 2.19 bits per heavy atom. The van der Waals surface area contributed by atoms with Gasteiger partial charge in [0.1, 0.15) is 4.88 Å². The van der Waals surface area contributed by atoms with Gasteiger partial charge in [-0.3, -0.25) is 0 Å². The molecule has 1 heterocycles. The third-order valence-corrected chi connectivity index (χ3v) is 3.31. The number of aromatic nitrogens is 1. The second kappa shape index (κ2) is 4.45. The van der Waals surface area contributed by atoms with Crippen molar-refractivity contribution in [2.45, 2.75) is 13.3 Å². The molecule has 0 fully saturated rings. The number of carbonyl (C=O) groups is 1. The Morgan fingerprint density at radius 3 is 2.88 bits per heavy atom. The summed E-state index contributed by atoms with van der Waals surface area (Å²) in [5.74, 6) is -0.897. The number of hydrogen-bond acceptors (Lipinski definition) is 3. The van der Waals surface area contributed by atoms with Crippen LogP contribution in [-0.2, 0) is 6.42 Å². The van der Waals surface area contributed by atoms with E-state index < -0.39 is 5.97 Å². The minimum absolute atomic E-state index is 0.336. The van der Waals surface area contributed by atoms with E-state index >= 15 is 0 Å². The van der Waals surface area contributed by atoms with Crippen LogP contribution in [0.25, 0.3) is 0 Å². The SMILES string of the molecule is Cc1ccccc1Cc1ncsc1C(=O)O. The van der Waals surface area contributed by atoms with Crippen molar-refractivity contribution in [1.82, 2.24) is 4.98 Å². The number of carboxylic acids is 1. The molecule has 1 aromatic carbocycles. The van der Waals surface area contributed by atoms with E-state index in [0.29, 0.717) is 17.0 Å². The summed E-state index contributed by atoms with van der Waals surface area (Å²) >= 11 is 1.17. The van der Waals surface area contributed by atoms with Crippen LogP contribution >= 0.6 is 11.3 Å². The van der Waals surface area contributed by atoms with Gasteiger partial charge in [-0.25, -0.2) is 9.78 Å². The Bertz CT molecular complexity index is 519. The fourth-order valence-electron chi connectivity index (χ4n) is 1.56. The lowest BCUT2D eigenvalue weighted by molar-refractivity contribution is 0.0701. The van der Waals surface area contributed by atoms with Gasteiger partial charge < -0.3 is 5.11 Å². The molecule has 1 aromatic heterocycles. The standard InChI is InChI=1S/C12H11NO2S/c1-8-4-2-3-5-9(8)6-10-11(12(14)15)16-7-13-10/h2-5,7H,6H2,1H3,(H,14,15). The highest BCUT2D eigenvalue weighted by molar-refractivity contribution is 7.11. The molecule has 16 heavy (non-hydrogen) atoms. The second-order valence-corrected chi connectivity index (χ2v) is 4.39. The molecule has 0 radical (unpaired) electrons. The van der Waals surface area contributed by atoms with Crippen LogP contribution in [-0.4, -0.2) is 16.1 Å². The third kappa shape index (κ3) is 2.12. The minimum atomic E-state index is -0.897. The van der Waals surface area contributed by atoms with Gasteiger partial charge in [0.05, 0.1) is 11.2 Å². The lowest BCUT2D eigenvalue weighted by Crippen LogP contribution is -2.00. The maximum atomic E-state index is 10.9. The second-order valence-electron chi connectivity index (χ2n) is 3.54. The summed E-state index contributed by atoms with van der Waals surface area (Å²) in [6.45, 7) is 2.02. The molecule has 1 N–H and O–H groups in total. The highest BCUT2D eigenvalue weighted by atomic mass is 32.1. The summed E-state index contributed by atoms with van der Waals surface area (Å²) in [4.78, 5) is 15.4. The van der Waals surface area contributed by atoms with Crippen LogP contribution in [0.5, 0.6) is 0 Å². The Morgan fingerprint density at radius 1 is 1.44 bits per heavy atom. The van der Waals surface area contributed by atoms with Crippen molar-refractivity contribution >= 4 is 17.3 Å². The average molecular weight is 233 g/mol. The van der Waals surface area contributed by atoms with Crippen molar-refractivity contribution in [3.8, 4) is 0 Å². The van der Waals surface area contributed by atoms with Gasteiger partial charge >= 0.3 is 5.97 Å². The molecular formula is C12H11NO2S. The van der Waals surface area contributed by atoms with Crippen molar-refractivity contribution in [3.05, 3.63) is 51.5 Å². The molecule has 0 saturated heterocycles. The van der Waals surface area contributed by atoms with Crippen LogP contribution in [0.15, 0.2) is 29.8 Å². The van der Waals surface area contributed by atoms with Crippen LogP contribution in [0.4, 0.5) is 0 Å².